The van der Waals surface area contributed by atoms with Crippen molar-refractivity contribution in [2.24, 2.45) is 0 Å². The van der Waals surface area contributed by atoms with Crippen molar-refractivity contribution in [3.8, 4) is 5.75 Å². The minimum absolute atomic E-state index is 0.0243. The van der Waals surface area contributed by atoms with E-state index < -0.39 is 22.6 Å². The van der Waals surface area contributed by atoms with Crippen LogP contribution in [0.1, 0.15) is 31.1 Å². The van der Waals surface area contributed by atoms with Crippen LogP contribution in [0.4, 0.5) is 11.4 Å². The second-order valence-electron chi connectivity index (χ2n) is 8.43. The molecule has 0 aromatic heterocycles. The maximum atomic E-state index is 13.5. The molecule has 4 aromatic carbocycles. The van der Waals surface area contributed by atoms with Crippen LogP contribution in [0, 0.1) is 10.1 Å². The molecule has 0 bridgehead atoms. The standard InChI is InChI=1S/C28H21N3O6/c1-37-22-13-11-20(12-14-22)29(26(32)19-7-2-8-21(17-19)31(35)36)15-16-30-27(33)23-9-3-5-18-6-4-10-24(25(18)23)28(30)34/h2-14,17H,15-16H2,1H3. The predicted molar refractivity (Wildman–Crippen MR) is 137 cm³/mol. The summed E-state index contributed by atoms with van der Waals surface area (Å²) in [5, 5.41) is 12.7. The Balaban J connectivity index is 1.48. The zero-order valence-electron chi connectivity index (χ0n) is 19.8. The molecule has 0 unspecified atom stereocenters. The first-order valence-corrected chi connectivity index (χ1v) is 11.5. The highest BCUT2D eigenvalue weighted by Gasteiger charge is 2.33. The minimum Gasteiger partial charge on any atom is -0.497 e. The zero-order chi connectivity index (χ0) is 26.1. The summed E-state index contributed by atoms with van der Waals surface area (Å²) in [5.41, 5.74) is 1.22. The molecule has 0 atom stereocenters. The fourth-order valence-electron chi connectivity index (χ4n) is 4.50. The van der Waals surface area contributed by atoms with E-state index in [0.29, 0.717) is 28.0 Å². The second-order valence-corrected chi connectivity index (χ2v) is 8.43. The lowest BCUT2D eigenvalue weighted by Crippen LogP contribution is -2.46. The first-order valence-electron chi connectivity index (χ1n) is 11.5. The van der Waals surface area contributed by atoms with E-state index in [1.54, 1.807) is 48.5 Å². The molecule has 5 rings (SSSR count). The molecule has 0 spiro atoms. The number of methoxy groups -OCH3 is 1. The van der Waals surface area contributed by atoms with Crippen LogP contribution in [0.25, 0.3) is 10.8 Å². The van der Waals surface area contributed by atoms with Crippen LogP contribution in [0.15, 0.2) is 84.9 Å². The van der Waals surface area contributed by atoms with Crippen molar-refractivity contribution in [2.45, 2.75) is 0 Å². The van der Waals surface area contributed by atoms with Crippen molar-refractivity contribution in [1.29, 1.82) is 0 Å². The zero-order valence-corrected chi connectivity index (χ0v) is 19.8. The van der Waals surface area contributed by atoms with Gasteiger partial charge in [-0.25, -0.2) is 0 Å². The number of non-ortho nitro benzene ring substituents is 1. The summed E-state index contributed by atoms with van der Waals surface area (Å²) in [6.45, 7) is -0.0986. The van der Waals surface area contributed by atoms with Crippen molar-refractivity contribution in [2.75, 3.05) is 25.1 Å². The third-order valence-corrected chi connectivity index (χ3v) is 6.34. The Bertz CT molecular complexity index is 1510. The molecule has 0 saturated heterocycles. The number of amides is 3. The fraction of sp³-hybridized carbons (Fsp3) is 0.107. The van der Waals surface area contributed by atoms with Gasteiger partial charge in [-0.1, -0.05) is 30.3 Å². The van der Waals surface area contributed by atoms with Crippen LogP contribution in [-0.2, 0) is 0 Å². The summed E-state index contributed by atoms with van der Waals surface area (Å²) >= 11 is 0. The van der Waals surface area contributed by atoms with Crippen LogP contribution in [0.5, 0.6) is 5.75 Å². The lowest BCUT2D eigenvalue weighted by molar-refractivity contribution is -0.384. The van der Waals surface area contributed by atoms with Gasteiger partial charge < -0.3 is 9.64 Å². The van der Waals surface area contributed by atoms with Gasteiger partial charge in [-0.05, 0) is 47.9 Å². The molecule has 4 aromatic rings. The lowest BCUT2D eigenvalue weighted by atomic mass is 9.94. The Hall–Kier alpha value is -5.05. The number of ether oxygens (including phenoxy) is 1. The Kier molecular flexibility index (Phi) is 6.10. The van der Waals surface area contributed by atoms with E-state index in [9.17, 15) is 24.5 Å². The van der Waals surface area contributed by atoms with Gasteiger partial charge >= 0.3 is 0 Å². The van der Waals surface area contributed by atoms with E-state index >= 15 is 0 Å². The number of nitro groups is 1. The topological polar surface area (TPSA) is 110 Å². The van der Waals surface area contributed by atoms with E-state index in [4.69, 9.17) is 4.74 Å². The van der Waals surface area contributed by atoms with E-state index in [1.165, 1.54) is 36.3 Å². The first-order chi connectivity index (χ1) is 17.9. The Morgan fingerprint density at radius 2 is 1.54 bits per heavy atom. The van der Waals surface area contributed by atoms with Gasteiger partial charge in [0.2, 0.25) is 0 Å². The van der Waals surface area contributed by atoms with Gasteiger partial charge in [0.1, 0.15) is 5.75 Å². The molecule has 37 heavy (non-hydrogen) atoms. The largest absolute Gasteiger partial charge is 0.497 e. The SMILES string of the molecule is COc1ccc(N(CCN2C(=O)c3cccc4cccc(c34)C2=O)C(=O)c2cccc([N+](=O)[O-])c2)cc1. The predicted octanol–water partition coefficient (Wildman–Crippen LogP) is 4.70. The third-order valence-electron chi connectivity index (χ3n) is 6.34. The summed E-state index contributed by atoms with van der Waals surface area (Å²) in [4.78, 5) is 53.4. The van der Waals surface area contributed by atoms with Crippen LogP contribution >= 0.6 is 0 Å². The van der Waals surface area contributed by atoms with E-state index in [1.807, 2.05) is 12.1 Å². The fourth-order valence-corrected chi connectivity index (χ4v) is 4.50. The van der Waals surface area contributed by atoms with Gasteiger partial charge in [-0.2, -0.15) is 0 Å². The highest BCUT2D eigenvalue weighted by atomic mass is 16.6. The highest BCUT2D eigenvalue weighted by molar-refractivity contribution is 6.25. The summed E-state index contributed by atoms with van der Waals surface area (Å²) < 4.78 is 5.20. The average Bonchev–Trinajstić information content (AvgIpc) is 2.93. The van der Waals surface area contributed by atoms with E-state index in [0.717, 1.165) is 10.3 Å². The number of carbonyl (C=O) groups is 3. The molecule has 184 valence electrons. The Morgan fingerprint density at radius 1 is 0.919 bits per heavy atom. The molecule has 0 fully saturated rings. The van der Waals surface area contributed by atoms with E-state index in [-0.39, 0.29) is 24.3 Å². The summed E-state index contributed by atoms with van der Waals surface area (Å²) in [6.07, 6.45) is 0. The van der Waals surface area contributed by atoms with Crippen molar-refractivity contribution in [3.05, 3.63) is 112 Å². The second kappa shape index (κ2) is 9.54. The lowest BCUT2D eigenvalue weighted by Gasteiger charge is -2.30. The van der Waals surface area contributed by atoms with Gasteiger partial charge in [0.15, 0.2) is 0 Å². The van der Waals surface area contributed by atoms with Gasteiger partial charge in [0.05, 0.1) is 12.0 Å². The third kappa shape index (κ3) is 4.27. The van der Waals surface area contributed by atoms with E-state index in [2.05, 4.69) is 0 Å². The molecule has 9 heteroatoms. The summed E-state index contributed by atoms with van der Waals surface area (Å²) in [6, 6.07) is 22.7. The molecular weight excluding hydrogens is 474 g/mol. The van der Waals surface area contributed by atoms with Gasteiger partial charge in [-0.15, -0.1) is 0 Å². The molecular formula is C28H21N3O6. The Labute approximate surface area is 211 Å². The normalized spacial score (nSPS) is 12.5. The van der Waals surface area contributed by atoms with Crippen LogP contribution < -0.4 is 9.64 Å². The van der Waals surface area contributed by atoms with Gasteiger partial charge in [0.25, 0.3) is 23.4 Å². The minimum atomic E-state index is -0.572. The monoisotopic (exact) mass is 495 g/mol. The van der Waals surface area contributed by atoms with Crippen LogP contribution in [-0.4, -0.2) is 47.7 Å². The molecule has 1 aliphatic rings. The molecule has 1 heterocycles. The summed E-state index contributed by atoms with van der Waals surface area (Å²) in [7, 11) is 1.52. The maximum absolute atomic E-state index is 13.5. The maximum Gasteiger partial charge on any atom is 0.270 e. The first kappa shape index (κ1) is 23.7. The number of benzene rings is 4. The van der Waals surface area contributed by atoms with Crippen molar-refractivity contribution in [3.63, 3.8) is 0 Å². The van der Waals surface area contributed by atoms with Gasteiger partial charge in [-0.3, -0.25) is 29.4 Å². The number of hydrogen-bond donors (Lipinski definition) is 0. The molecule has 1 aliphatic heterocycles. The molecule has 9 nitrogen and oxygen atoms in total. The number of nitro benzene ring substituents is 1. The highest BCUT2D eigenvalue weighted by Crippen LogP contribution is 2.30. The molecule has 0 N–H and O–H groups in total. The molecule has 0 aliphatic carbocycles. The van der Waals surface area contributed by atoms with Crippen LogP contribution in [0.2, 0.25) is 0 Å². The summed E-state index contributed by atoms with van der Waals surface area (Å²) in [5.74, 6) is -0.801. The molecule has 0 saturated carbocycles. The Morgan fingerprint density at radius 3 is 2.14 bits per heavy atom. The number of rotatable bonds is 7. The molecule has 3 amide bonds. The van der Waals surface area contributed by atoms with Crippen molar-refractivity contribution in [1.82, 2.24) is 4.90 Å². The average molecular weight is 495 g/mol. The van der Waals surface area contributed by atoms with Crippen molar-refractivity contribution < 1.29 is 24.0 Å². The smallest absolute Gasteiger partial charge is 0.270 e. The number of imide groups is 1. The number of nitrogens with zero attached hydrogens (tertiary/aromatic N) is 3. The number of carbonyl (C=O) groups excluding carboxylic acids is 3. The van der Waals surface area contributed by atoms with Gasteiger partial charge in [0, 0.05) is 53.0 Å². The number of hydrogen-bond acceptors (Lipinski definition) is 6. The van der Waals surface area contributed by atoms with Crippen LogP contribution in [0.3, 0.4) is 0 Å². The quantitative estimate of drug-likeness (QED) is 0.209. The van der Waals surface area contributed by atoms with Crippen molar-refractivity contribution >= 4 is 39.9 Å². The molecule has 0 radical (unpaired) electrons. The number of anilines is 1.